The topological polar surface area (TPSA) is 30.3 Å². The Balaban J connectivity index is 1.97. The molecular formula is C15H18F3N3. The second kappa shape index (κ2) is 6.92. The molecule has 1 saturated heterocycles. The molecule has 3 nitrogen and oxygen atoms in total. The largest absolute Gasteiger partial charge is 0.401 e. The van der Waals surface area contributed by atoms with Crippen LogP contribution in [-0.2, 0) is 0 Å². The summed E-state index contributed by atoms with van der Waals surface area (Å²) in [5.74, 6) is 0. The van der Waals surface area contributed by atoms with Gasteiger partial charge in [-0.25, -0.2) is 0 Å². The minimum atomic E-state index is -4.15. The van der Waals surface area contributed by atoms with Gasteiger partial charge >= 0.3 is 6.18 Å². The van der Waals surface area contributed by atoms with Gasteiger partial charge in [0.1, 0.15) is 0 Å². The van der Waals surface area contributed by atoms with Gasteiger partial charge in [0.2, 0.25) is 0 Å². The molecule has 0 radical (unpaired) electrons. The lowest BCUT2D eigenvalue weighted by Crippen LogP contribution is -2.50. The van der Waals surface area contributed by atoms with E-state index in [0.29, 0.717) is 32.6 Å². The zero-order chi connectivity index (χ0) is 15.3. The minimum absolute atomic E-state index is 0.0377. The monoisotopic (exact) mass is 297 g/mol. The van der Waals surface area contributed by atoms with Gasteiger partial charge in [0, 0.05) is 32.2 Å². The normalized spacial score (nSPS) is 19.1. The maximum absolute atomic E-state index is 12.4. The molecule has 0 bridgehead atoms. The van der Waals surface area contributed by atoms with Gasteiger partial charge in [-0.05, 0) is 5.56 Å². The Morgan fingerprint density at radius 3 is 2.24 bits per heavy atom. The predicted molar refractivity (Wildman–Crippen MR) is 73.5 cm³/mol. The molecule has 0 N–H and O–H groups in total. The van der Waals surface area contributed by atoms with Crippen LogP contribution in [0.3, 0.4) is 0 Å². The van der Waals surface area contributed by atoms with Crippen LogP contribution in [-0.4, -0.2) is 48.7 Å². The first-order valence-corrected chi connectivity index (χ1v) is 6.94. The molecular weight excluding hydrogens is 279 g/mol. The minimum Gasteiger partial charge on any atom is -0.293 e. The zero-order valence-corrected chi connectivity index (χ0v) is 11.7. The number of alkyl halides is 3. The first-order valence-electron chi connectivity index (χ1n) is 6.94. The number of hydrogen-bond acceptors (Lipinski definition) is 3. The summed E-state index contributed by atoms with van der Waals surface area (Å²) < 4.78 is 37.1. The van der Waals surface area contributed by atoms with Crippen molar-refractivity contribution in [1.29, 1.82) is 5.26 Å². The molecule has 21 heavy (non-hydrogen) atoms. The van der Waals surface area contributed by atoms with Crippen molar-refractivity contribution in [3.05, 3.63) is 35.9 Å². The fourth-order valence-electron chi connectivity index (χ4n) is 2.71. The van der Waals surface area contributed by atoms with E-state index in [-0.39, 0.29) is 6.04 Å². The lowest BCUT2D eigenvalue weighted by molar-refractivity contribution is -0.149. The second-order valence-corrected chi connectivity index (χ2v) is 5.22. The Morgan fingerprint density at radius 1 is 1.10 bits per heavy atom. The van der Waals surface area contributed by atoms with Gasteiger partial charge in [-0.3, -0.25) is 9.80 Å². The molecule has 0 spiro atoms. The van der Waals surface area contributed by atoms with E-state index in [9.17, 15) is 13.2 Å². The van der Waals surface area contributed by atoms with Crippen molar-refractivity contribution in [2.24, 2.45) is 0 Å². The third-order valence-electron chi connectivity index (χ3n) is 3.72. The quantitative estimate of drug-likeness (QED) is 0.856. The molecule has 1 aromatic rings. The van der Waals surface area contributed by atoms with Gasteiger partial charge < -0.3 is 0 Å². The summed E-state index contributed by atoms with van der Waals surface area (Å²) in [6.07, 6.45) is -3.79. The average molecular weight is 297 g/mol. The Bertz CT molecular complexity index is 473. The van der Waals surface area contributed by atoms with Crippen molar-refractivity contribution >= 4 is 0 Å². The number of nitrogens with zero attached hydrogens (tertiary/aromatic N) is 3. The standard InChI is InChI=1S/C15H18F3N3/c16-15(17,18)12-20-8-10-21(11-9-20)14(6-7-19)13-4-2-1-3-5-13/h1-5,14H,6,8-12H2. The van der Waals surface area contributed by atoms with Crippen LogP contribution in [0.25, 0.3) is 0 Å². The third-order valence-corrected chi connectivity index (χ3v) is 3.72. The van der Waals surface area contributed by atoms with Gasteiger partial charge in [0.15, 0.2) is 0 Å². The van der Waals surface area contributed by atoms with Crippen molar-refractivity contribution in [3.8, 4) is 6.07 Å². The molecule has 1 fully saturated rings. The molecule has 0 saturated carbocycles. The Kier molecular flexibility index (Phi) is 5.21. The summed E-state index contributed by atoms with van der Waals surface area (Å²) in [6, 6.07) is 11.8. The van der Waals surface area contributed by atoms with Crippen LogP contribution in [0, 0.1) is 11.3 Å². The maximum atomic E-state index is 12.4. The molecule has 1 aliphatic heterocycles. The highest BCUT2D eigenvalue weighted by atomic mass is 19.4. The van der Waals surface area contributed by atoms with Crippen molar-refractivity contribution in [2.75, 3.05) is 32.7 Å². The van der Waals surface area contributed by atoms with Crippen LogP contribution in [0.5, 0.6) is 0 Å². The number of piperazine rings is 1. The molecule has 1 atom stereocenters. The summed E-state index contributed by atoms with van der Waals surface area (Å²) >= 11 is 0. The van der Waals surface area contributed by atoms with Crippen LogP contribution in [0.1, 0.15) is 18.0 Å². The van der Waals surface area contributed by atoms with Crippen LogP contribution in [0.15, 0.2) is 30.3 Å². The number of halogens is 3. The van der Waals surface area contributed by atoms with E-state index in [1.807, 2.05) is 30.3 Å². The molecule has 1 aromatic carbocycles. The Hall–Kier alpha value is -1.58. The van der Waals surface area contributed by atoms with E-state index >= 15 is 0 Å². The van der Waals surface area contributed by atoms with E-state index in [2.05, 4.69) is 11.0 Å². The Labute approximate surface area is 122 Å². The summed E-state index contributed by atoms with van der Waals surface area (Å²) in [7, 11) is 0. The first-order chi connectivity index (χ1) is 9.99. The zero-order valence-electron chi connectivity index (χ0n) is 11.7. The summed E-state index contributed by atoms with van der Waals surface area (Å²) in [6.45, 7) is 1.02. The van der Waals surface area contributed by atoms with E-state index < -0.39 is 12.7 Å². The van der Waals surface area contributed by atoms with E-state index in [4.69, 9.17) is 5.26 Å². The second-order valence-electron chi connectivity index (χ2n) is 5.22. The lowest BCUT2D eigenvalue weighted by Gasteiger charge is -2.39. The SMILES string of the molecule is N#CCC(c1ccccc1)N1CCN(CC(F)(F)F)CC1. The van der Waals surface area contributed by atoms with Crippen LogP contribution in [0.4, 0.5) is 13.2 Å². The first kappa shape index (κ1) is 15.8. The number of rotatable bonds is 4. The van der Waals surface area contributed by atoms with E-state index in [1.165, 1.54) is 4.90 Å². The van der Waals surface area contributed by atoms with Gasteiger partial charge in [0.25, 0.3) is 0 Å². The molecule has 0 aromatic heterocycles. The lowest BCUT2D eigenvalue weighted by atomic mass is 10.0. The highest BCUT2D eigenvalue weighted by molar-refractivity contribution is 5.20. The predicted octanol–water partition coefficient (Wildman–Crippen LogP) is 2.82. The third kappa shape index (κ3) is 4.73. The van der Waals surface area contributed by atoms with Crippen LogP contribution >= 0.6 is 0 Å². The number of benzene rings is 1. The van der Waals surface area contributed by atoms with Crippen LogP contribution in [0.2, 0.25) is 0 Å². The number of hydrogen-bond donors (Lipinski definition) is 0. The van der Waals surface area contributed by atoms with Crippen molar-refractivity contribution in [2.45, 2.75) is 18.6 Å². The molecule has 0 aliphatic carbocycles. The summed E-state index contributed by atoms with van der Waals surface area (Å²) in [5.41, 5.74) is 1.04. The summed E-state index contributed by atoms with van der Waals surface area (Å²) in [5, 5.41) is 9.00. The van der Waals surface area contributed by atoms with Gasteiger partial charge in [0.05, 0.1) is 19.0 Å². The molecule has 1 unspecified atom stereocenters. The fourth-order valence-corrected chi connectivity index (χ4v) is 2.71. The highest BCUT2D eigenvalue weighted by Gasteiger charge is 2.33. The molecule has 6 heteroatoms. The van der Waals surface area contributed by atoms with Crippen molar-refractivity contribution in [3.63, 3.8) is 0 Å². The maximum Gasteiger partial charge on any atom is 0.401 e. The molecule has 2 rings (SSSR count). The summed E-state index contributed by atoms with van der Waals surface area (Å²) in [4.78, 5) is 3.52. The van der Waals surface area contributed by atoms with Gasteiger partial charge in [-0.1, -0.05) is 30.3 Å². The molecule has 1 aliphatic rings. The van der Waals surface area contributed by atoms with Gasteiger partial charge in [-0.2, -0.15) is 18.4 Å². The Morgan fingerprint density at radius 2 is 1.71 bits per heavy atom. The van der Waals surface area contributed by atoms with E-state index in [0.717, 1.165) is 5.56 Å². The number of nitriles is 1. The van der Waals surface area contributed by atoms with Crippen molar-refractivity contribution < 1.29 is 13.2 Å². The molecule has 1 heterocycles. The van der Waals surface area contributed by atoms with Gasteiger partial charge in [-0.15, -0.1) is 0 Å². The molecule has 114 valence electrons. The van der Waals surface area contributed by atoms with Crippen molar-refractivity contribution in [1.82, 2.24) is 9.80 Å². The average Bonchev–Trinajstić information content (AvgIpc) is 2.45. The van der Waals surface area contributed by atoms with Crippen LogP contribution < -0.4 is 0 Å². The highest BCUT2D eigenvalue weighted by Crippen LogP contribution is 2.26. The fraction of sp³-hybridized carbons (Fsp3) is 0.533. The van der Waals surface area contributed by atoms with E-state index in [1.54, 1.807) is 0 Å². The molecule has 0 amide bonds. The smallest absolute Gasteiger partial charge is 0.293 e.